The van der Waals surface area contributed by atoms with Gasteiger partial charge in [0.05, 0.1) is 25.0 Å². The summed E-state index contributed by atoms with van der Waals surface area (Å²) in [6, 6.07) is 0. The van der Waals surface area contributed by atoms with Gasteiger partial charge >= 0.3 is 11.9 Å². The molecule has 0 aromatic heterocycles. The monoisotopic (exact) mass is 506 g/mol. The predicted octanol–water partition coefficient (Wildman–Crippen LogP) is 5.68. The van der Waals surface area contributed by atoms with Gasteiger partial charge in [0.15, 0.2) is 0 Å². The molecule has 0 aromatic carbocycles. The number of ether oxygens (including phenoxy) is 2. The van der Waals surface area contributed by atoms with Crippen molar-refractivity contribution in [2.75, 3.05) is 27.3 Å². The van der Waals surface area contributed by atoms with E-state index in [1.807, 2.05) is 0 Å². The molecule has 2 aliphatic heterocycles. The first kappa shape index (κ1) is 29.4. The number of hydrogen-bond donors (Lipinski definition) is 0. The van der Waals surface area contributed by atoms with Crippen LogP contribution in [0.1, 0.15) is 107 Å². The molecule has 1 aliphatic carbocycles. The maximum absolute atomic E-state index is 12.9. The number of rotatable bonds is 6. The van der Waals surface area contributed by atoms with Crippen LogP contribution in [0.15, 0.2) is 0 Å². The molecule has 6 heteroatoms. The standard InChI is InChI=1S/C30H54N2O4/c1-27(2)15-23(16-28(3,4)31(27)9)25(33)35-19-21-11-13-22(14-12-21)20-36-26(34)24-17-29(5,6)32(10)30(7,8)18-24/h21-24H,11-20H2,1-10H3. The first-order chi connectivity index (χ1) is 16.4. The molecule has 3 fully saturated rings. The third kappa shape index (κ3) is 6.64. The molecule has 1 saturated carbocycles. The zero-order valence-electron chi connectivity index (χ0n) is 24.9. The first-order valence-electron chi connectivity index (χ1n) is 14.3. The quantitative estimate of drug-likeness (QED) is 0.432. The average Bonchev–Trinajstić information content (AvgIpc) is 2.77. The van der Waals surface area contributed by atoms with E-state index in [0.717, 1.165) is 51.4 Å². The number of likely N-dealkylation sites (tertiary alicyclic amines) is 2. The van der Waals surface area contributed by atoms with Crippen molar-refractivity contribution in [3.8, 4) is 0 Å². The molecule has 0 unspecified atom stereocenters. The highest BCUT2D eigenvalue weighted by molar-refractivity contribution is 5.73. The number of esters is 2. The summed E-state index contributed by atoms with van der Waals surface area (Å²) in [7, 11) is 4.32. The highest BCUT2D eigenvalue weighted by Crippen LogP contribution is 2.42. The summed E-state index contributed by atoms with van der Waals surface area (Å²) in [5, 5.41) is 0. The lowest BCUT2D eigenvalue weighted by Gasteiger charge is -2.53. The smallest absolute Gasteiger partial charge is 0.309 e. The van der Waals surface area contributed by atoms with Crippen LogP contribution in [0.2, 0.25) is 0 Å². The van der Waals surface area contributed by atoms with Crippen LogP contribution < -0.4 is 0 Å². The third-order valence-electron chi connectivity index (χ3n) is 10.2. The van der Waals surface area contributed by atoms with Crippen molar-refractivity contribution < 1.29 is 19.1 Å². The highest BCUT2D eigenvalue weighted by Gasteiger charge is 2.47. The summed E-state index contributed by atoms with van der Waals surface area (Å²) in [6.07, 6.45) is 7.51. The molecule has 0 bridgehead atoms. The summed E-state index contributed by atoms with van der Waals surface area (Å²) in [5.74, 6) is 0.730. The van der Waals surface area contributed by atoms with Gasteiger partial charge in [0, 0.05) is 22.2 Å². The Bertz CT molecular complexity index is 693. The fraction of sp³-hybridized carbons (Fsp3) is 0.933. The molecule has 0 N–H and O–H groups in total. The summed E-state index contributed by atoms with van der Waals surface area (Å²) in [4.78, 5) is 30.6. The number of nitrogens with zero attached hydrogens (tertiary/aromatic N) is 2. The largest absolute Gasteiger partial charge is 0.465 e. The Morgan fingerprint density at radius 2 is 0.833 bits per heavy atom. The van der Waals surface area contributed by atoms with Crippen molar-refractivity contribution in [3.63, 3.8) is 0 Å². The van der Waals surface area contributed by atoms with Crippen molar-refractivity contribution in [2.45, 2.75) is 129 Å². The van der Waals surface area contributed by atoms with Crippen molar-refractivity contribution in [3.05, 3.63) is 0 Å². The lowest BCUT2D eigenvalue weighted by atomic mass is 9.74. The van der Waals surface area contributed by atoms with Crippen LogP contribution in [0.5, 0.6) is 0 Å². The van der Waals surface area contributed by atoms with E-state index in [1.165, 1.54) is 0 Å². The molecule has 0 aromatic rings. The van der Waals surface area contributed by atoms with Crippen molar-refractivity contribution in [2.24, 2.45) is 23.7 Å². The van der Waals surface area contributed by atoms with E-state index in [1.54, 1.807) is 0 Å². The molecular weight excluding hydrogens is 452 g/mol. The Morgan fingerprint density at radius 1 is 0.583 bits per heavy atom. The van der Waals surface area contributed by atoms with E-state index < -0.39 is 0 Å². The van der Waals surface area contributed by atoms with Crippen molar-refractivity contribution >= 4 is 11.9 Å². The van der Waals surface area contributed by atoms with Gasteiger partial charge in [-0.1, -0.05) is 0 Å². The van der Waals surface area contributed by atoms with Gasteiger partial charge in [-0.15, -0.1) is 0 Å². The second-order valence-electron chi connectivity index (χ2n) is 14.7. The number of carbonyl (C=O) groups is 2. The van der Waals surface area contributed by atoms with Gasteiger partial charge in [0.25, 0.3) is 0 Å². The molecule has 2 heterocycles. The Morgan fingerprint density at radius 3 is 1.08 bits per heavy atom. The Balaban J connectivity index is 1.39. The Kier molecular flexibility index (Phi) is 8.62. The van der Waals surface area contributed by atoms with Crippen LogP contribution >= 0.6 is 0 Å². The van der Waals surface area contributed by atoms with Crippen LogP contribution in [-0.4, -0.2) is 71.2 Å². The van der Waals surface area contributed by atoms with Crippen LogP contribution in [0, 0.1) is 23.7 Å². The molecule has 2 saturated heterocycles. The van der Waals surface area contributed by atoms with E-state index in [9.17, 15) is 9.59 Å². The Labute approximate surface area is 220 Å². The number of piperidine rings is 2. The SMILES string of the molecule is CN1C(C)(C)CC(C(=O)OCC2CCC(COC(=O)C3CC(C)(C)N(C)C(C)(C)C3)CC2)CC1(C)C. The minimum absolute atomic E-state index is 0.0139. The van der Waals surface area contributed by atoms with Crippen LogP contribution in [0.25, 0.3) is 0 Å². The van der Waals surface area contributed by atoms with Gasteiger partial charge in [-0.3, -0.25) is 19.4 Å². The molecule has 3 rings (SSSR count). The maximum Gasteiger partial charge on any atom is 0.309 e. The van der Waals surface area contributed by atoms with Crippen molar-refractivity contribution in [1.29, 1.82) is 0 Å². The summed E-state index contributed by atoms with van der Waals surface area (Å²) < 4.78 is 11.7. The van der Waals surface area contributed by atoms with Gasteiger partial charge in [0.2, 0.25) is 0 Å². The van der Waals surface area contributed by atoms with E-state index in [0.29, 0.717) is 25.0 Å². The van der Waals surface area contributed by atoms with Crippen LogP contribution in [0.4, 0.5) is 0 Å². The van der Waals surface area contributed by atoms with Gasteiger partial charge in [-0.05, 0) is 133 Å². The molecule has 0 radical (unpaired) electrons. The minimum Gasteiger partial charge on any atom is -0.465 e. The molecule has 208 valence electrons. The predicted molar refractivity (Wildman–Crippen MR) is 145 cm³/mol. The molecule has 3 aliphatic rings. The second kappa shape index (κ2) is 10.6. The van der Waals surface area contributed by atoms with Gasteiger partial charge in [-0.25, -0.2) is 0 Å². The van der Waals surface area contributed by atoms with E-state index in [2.05, 4.69) is 79.3 Å². The average molecular weight is 507 g/mol. The normalized spacial score (nSPS) is 31.1. The minimum atomic E-state index is -0.0310. The molecule has 0 atom stereocenters. The molecule has 0 spiro atoms. The van der Waals surface area contributed by atoms with Crippen LogP contribution in [-0.2, 0) is 19.1 Å². The topological polar surface area (TPSA) is 59.1 Å². The molecule has 6 nitrogen and oxygen atoms in total. The summed E-state index contributed by atoms with van der Waals surface area (Å²) in [6.45, 7) is 18.8. The van der Waals surface area contributed by atoms with Gasteiger partial charge < -0.3 is 9.47 Å². The molecule has 36 heavy (non-hydrogen) atoms. The van der Waals surface area contributed by atoms with E-state index >= 15 is 0 Å². The third-order valence-corrected chi connectivity index (χ3v) is 10.2. The zero-order valence-corrected chi connectivity index (χ0v) is 24.9. The van der Waals surface area contributed by atoms with E-state index in [-0.39, 0.29) is 45.9 Å². The van der Waals surface area contributed by atoms with E-state index in [4.69, 9.17) is 9.47 Å². The fourth-order valence-electron chi connectivity index (χ4n) is 7.28. The highest BCUT2D eigenvalue weighted by atomic mass is 16.5. The lowest BCUT2D eigenvalue weighted by molar-refractivity contribution is -0.159. The first-order valence-corrected chi connectivity index (χ1v) is 14.3. The van der Waals surface area contributed by atoms with Gasteiger partial charge in [-0.2, -0.15) is 0 Å². The fourth-order valence-corrected chi connectivity index (χ4v) is 7.28. The second-order valence-corrected chi connectivity index (χ2v) is 14.7. The lowest BCUT2D eigenvalue weighted by Crippen LogP contribution is -2.59. The number of hydrogen-bond acceptors (Lipinski definition) is 6. The van der Waals surface area contributed by atoms with Crippen molar-refractivity contribution in [1.82, 2.24) is 9.80 Å². The number of carbonyl (C=O) groups excluding carboxylic acids is 2. The summed E-state index contributed by atoms with van der Waals surface area (Å²) >= 11 is 0. The van der Waals surface area contributed by atoms with Crippen LogP contribution in [0.3, 0.4) is 0 Å². The molecule has 0 amide bonds. The Hall–Kier alpha value is -1.14. The van der Waals surface area contributed by atoms with Gasteiger partial charge in [0.1, 0.15) is 0 Å². The zero-order chi connectivity index (χ0) is 27.1. The maximum atomic E-state index is 12.9. The summed E-state index contributed by atoms with van der Waals surface area (Å²) in [5.41, 5.74) is -0.0556. The molecular formula is C30H54N2O4.